The molecule has 21 heavy (non-hydrogen) atoms. The van der Waals surface area contributed by atoms with Crippen molar-refractivity contribution in [2.45, 2.75) is 111 Å². The Morgan fingerprint density at radius 1 is 0.429 bits per heavy atom. The maximum Gasteiger partial charge on any atom is 0.0598 e. The quantitative estimate of drug-likeness (QED) is 0.404. The van der Waals surface area contributed by atoms with Crippen molar-refractivity contribution in [3.63, 3.8) is 0 Å². The van der Waals surface area contributed by atoms with Crippen LogP contribution in [0.15, 0.2) is 0 Å². The van der Waals surface area contributed by atoms with E-state index in [4.69, 9.17) is 9.47 Å². The Labute approximate surface area is 134 Å². The van der Waals surface area contributed by atoms with Gasteiger partial charge in [-0.15, -0.1) is 0 Å². The van der Waals surface area contributed by atoms with E-state index in [1.54, 1.807) is 0 Å². The van der Waals surface area contributed by atoms with Gasteiger partial charge in [0.05, 0.1) is 11.2 Å². The molecule has 0 aliphatic rings. The Morgan fingerprint density at radius 2 is 0.667 bits per heavy atom. The second kappa shape index (κ2) is 11.5. The fourth-order valence-corrected chi connectivity index (χ4v) is 2.20. The van der Waals surface area contributed by atoms with E-state index >= 15 is 0 Å². The van der Waals surface area contributed by atoms with Gasteiger partial charge in [0.15, 0.2) is 0 Å². The summed E-state index contributed by atoms with van der Waals surface area (Å²) in [6, 6.07) is 0. The van der Waals surface area contributed by atoms with Crippen molar-refractivity contribution in [3.05, 3.63) is 0 Å². The molecule has 0 aliphatic carbocycles. The van der Waals surface area contributed by atoms with Gasteiger partial charge in [0.25, 0.3) is 0 Å². The number of ether oxygens (including phenoxy) is 2. The molecule has 0 aromatic rings. The van der Waals surface area contributed by atoms with Crippen LogP contribution in [-0.4, -0.2) is 24.4 Å². The average Bonchev–Trinajstić information content (AvgIpc) is 2.32. The number of hydrogen-bond donors (Lipinski definition) is 0. The van der Waals surface area contributed by atoms with Crippen molar-refractivity contribution in [1.82, 2.24) is 0 Å². The van der Waals surface area contributed by atoms with Crippen molar-refractivity contribution < 1.29 is 9.47 Å². The number of hydrogen-bond acceptors (Lipinski definition) is 2. The summed E-state index contributed by atoms with van der Waals surface area (Å²) < 4.78 is 11.4. The molecule has 0 aromatic heterocycles. The van der Waals surface area contributed by atoms with Gasteiger partial charge in [-0.2, -0.15) is 0 Å². The van der Waals surface area contributed by atoms with Gasteiger partial charge in [-0.25, -0.2) is 0 Å². The minimum atomic E-state index is 0.0245. The van der Waals surface area contributed by atoms with Gasteiger partial charge >= 0.3 is 0 Å². The predicted octanol–water partition coefficient (Wildman–Crippen LogP) is 6.13. The molecular weight excluding hydrogens is 260 g/mol. The minimum Gasteiger partial charge on any atom is -0.376 e. The second-order valence-electron chi connectivity index (χ2n) is 8.10. The molecule has 128 valence electrons. The molecule has 0 bridgehead atoms. The van der Waals surface area contributed by atoms with E-state index in [0.29, 0.717) is 0 Å². The maximum atomic E-state index is 5.72. The normalized spacial score (nSPS) is 12.9. The van der Waals surface area contributed by atoms with Crippen LogP contribution >= 0.6 is 0 Å². The van der Waals surface area contributed by atoms with Crippen LogP contribution in [0.2, 0.25) is 0 Å². The molecule has 0 amide bonds. The minimum absolute atomic E-state index is 0.0245. The van der Waals surface area contributed by atoms with Gasteiger partial charge in [0.2, 0.25) is 0 Å². The zero-order chi connectivity index (χ0) is 16.2. The van der Waals surface area contributed by atoms with E-state index in [2.05, 4.69) is 41.5 Å². The molecule has 0 aromatic carbocycles. The Morgan fingerprint density at radius 3 is 0.905 bits per heavy atom. The zero-order valence-electron chi connectivity index (χ0n) is 15.6. The molecule has 0 saturated heterocycles. The average molecular weight is 301 g/mol. The van der Waals surface area contributed by atoms with Gasteiger partial charge in [-0.05, 0) is 54.4 Å². The molecule has 0 heterocycles. The van der Waals surface area contributed by atoms with E-state index in [1.165, 1.54) is 57.8 Å². The summed E-state index contributed by atoms with van der Waals surface area (Å²) in [5.41, 5.74) is 0.0490. The van der Waals surface area contributed by atoms with Crippen LogP contribution in [-0.2, 0) is 9.47 Å². The molecule has 0 fully saturated rings. The van der Waals surface area contributed by atoms with Crippen molar-refractivity contribution in [1.29, 1.82) is 0 Å². The highest BCUT2D eigenvalue weighted by atomic mass is 16.5. The monoisotopic (exact) mass is 300 g/mol. The SMILES string of the molecule is CC(C)(C)OCCCCCCCCCCCOC(C)(C)C. The van der Waals surface area contributed by atoms with Crippen molar-refractivity contribution in [2.75, 3.05) is 13.2 Å². The fraction of sp³-hybridized carbons (Fsp3) is 1.00. The molecule has 0 spiro atoms. The molecule has 2 nitrogen and oxygen atoms in total. The lowest BCUT2D eigenvalue weighted by Gasteiger charge is -2.19. The summed E-state index contributed by atoms with van der Waals surface area (Å²) in [5.74, 6) is 0. The van der Waals surface area contributed by atoms with E-state index in [-0.39, 0.29) is 11.2 Å². The molecule has 0 aliphatic heterocycles. The van der Waals surface area contributed by atoms with Crippen LogP contribution in [0.25, 0.3) is 0 Å². The third-order valence-electron chi connectivity index (χ3n) is 3.36. The summed E-state index contributed by atoms with van der Waals surface area (Å²) in [6.07, 6.45) is 11.9. The number of rotatable bonds is 12. The van der Waals surface area contributed by atoms with E-state index in [1.807, 2.05) is 0 Å². The molecule has 2 heteroatoms. The van der Waals surface area contributed by atoms with Crippen molar-refractivity contribution in [3.8, 4) is 0 Å². The maximum absolute atomic E-state index is 5.72. The Bertz CT molecular complexity index is 199. The van der Waals surface area contributed by atoms with Crippen molar-refractivity contribution in [2.24, 2.45) is 0 Å². The molecular formula is C19H40O2. The summed E-state index contributed by atoms with van der Waals surface area (Å²) >= 11 is 0. The first-order valence-electron chi connectivity index (χ1n) is 8.99. The lowest BCUT2D eigenvalue weighted by atomic mass is 10.1. The van der Waals surface area contributed by atoms with Gasteiger partial charge < -0.3 is 9.47 Å². The molecule has 0 N–H and O–H groups in total. The molecule has 0 atom stereocenters. The Balaban J connectivity index is 3.10. The standard InChI is InChI=1S/C19H40O2/c1-18(2,3)20-16-14-12-10-8-7-9-11-13-15-17-21-19(4,5)6/h7-17H2,1-6H3. The number of unbranched alkanes of at least 4 members (excludes halogenated alkanes) is 8. The summed E-state index contributed by atoms with van der Waals surface area (Å²) in [4.78, 5) is 0. The summed E-state index contributed by atoms with van der Waals surface area (Å²) in [5, 5.41) is 0. The lowest BCUT2D eigenvalue weighted by molar-refractivity contribution is -0.00497. The highest BCUT2D eigenvalue weighted by Crippen LogP contribution is 2.13. The Kier molecular flexibility index (Phi) is 11.4. The largest absolute Gasteiger partial charge is 0.376 e. The van der Waals surface area contributed by atoms with Crippen LogP contribution in [0.5, 0.6) is 0 Å². The van der Waals surface area contributed by atoms with Crippen LogP contribution in [0.1, 0.15) is 99.3 Å². The van der Waals surface area contributed by atoms with Crippen LogP contribution in [0, 0.1) is 0 Å². The van der Waals surface area contributed by atoms with Gasteiger partial charge in [0, 0.05) is 13.2 Å². The first-order valence-corrected chi connectivity index (χ1v) is 8.99. The first kappa shape index (κ1) is 20.9. The predicted molar refractivity (Wildman–Crippen MR) is 93.0 cm³/mol. The molecule has 0 radical (unpaired) electrons. The van der Waals surface area contributed by atoms with Crippen LogP contribution in [0.3, 0.4) is 0 Å². The van der Waals surface area contributed by atoms with E-state index in [0.717, 1.165) is 13.2 Å². The second-order valence-corrected chi connectivity index (χ2v) is 8.10. The van der Waals surface area contributed by atoms with Gasteiger partial charge in [-0.1, -0.05) is 44.9 Å². The molecule has 0 unspecified atom stereocenters. The van der Waals surface area contributed by atoms with Crippen molar-refractivity contribution >= 4 is 0 Å². The fourth-order valence-electron chi connectivity index (χ4n) is 2.20. The van der Waals surface area contributed by atoms with E-state index in [9.17, 15) is 0 Å². The van der Waals surface area contributed by atoms with Gasteiger partial charge in [0.1, 0.15) is 0 Å². The van der Waals surface area contributed by atoms with Gasteiger partial charge in [-0.3, -0.25) is 0 Å². The highest BCUT2D eigenvalue weighted by molar-refractivity contribution is 4.59. The molecule has 0 saturated carbocycles. The molecule has 0 rings (SSSR count). The third kappa shape index (κ3) is 19.9. The first-order chi connectivity index (χ1) is 9.71. The zero-order valence-corrected chi connectivity index (χ0v) is 15.6. The third-order valence-corrected chi connectivity index (χ3v) is 3.36. The summed E-state index contributed by atoms with van der Waals surface area (Å²) in [6.45, 7) is 14.6. The summed E-state index contributed by atoms with van der Waals surface area (Å²) in [7, 11) is 0. The van der Waals surface area contributed by atoms with E-state index < -0.39 is 0 Å². The highest BCUT2D eigenvalue weighted by Gasteiger charge is 2.09. The van der Waals surface area contributed by atoms with Crippen LogP contribution < -0.4 is 0 Å². The Hall–Kier alpha value is -0.0800. The topological polar surface area (TPSA) is 18.5 Å². The van der Waals surface area contributed by atoms with Crippen LogP contribution in [0.4, 0.5) is 0 Å². The smallest absolute Gasteiger partial charge is 0.0598 e. The lowest BCUT2D eigenvalue weighted by Crippen LogP contribution is -2.19.